The van der Waals surface area contributed by atoms with Gasteiger partial charge in [0.05, 0.1) is 16.1 Å². The van der Waals surface area contributed by atoms with Crippen molar-refractivity contribution >= 4 is 17.2 Å². The summed E-state index contributed by atoms with van der Waals surface area (Å²) in [7, 11) is 0. The number of aromatic nitrogens is 2. The van der Waals surface area contributed by atoms with E-state index in [0.717, 1.165) is 47.1 Å². The van der Waals surface area contributed by atoms with Crippen molar-refractivity contribution < 1.29 is 13.2 Å². The lowest BCUT2D eigenvalue weighted by Gasteiger charge is -2.09. The fraction of sp³-hybridized carbons (Fsp3) is 0.235. The molecule has 3 aromatic rings. The Morgan fingerprint density at radius 3 is 2.50 bits per heavy atom. The Morgan fingerprint density at radius 2 is 1.88 bits per heavy atom. The van der Waals surface area contributed by atoms with Gasteiger partial charge in [0, 0.05) is 17.0 Å². The maximum atomic E-state index is 12.7. The van der Waals surface area contributed by atoms with Crippen LogP contribution >= 0.6 is 11.3 Å². The summed E-state index contributed by atoms with van der Waals surface area (Å²) < 4.78 is 39.9. The normalized spacial score (nSPS) is 13.8. The molecule has 0 fully saturated rings. The second-order valence-electron chi connectivity index (χ2n) is 5.72. The number of hydrogen-bond donors (Lipinski definition) is 1. The minimum Gasteiger partial charge on any atom is -0.369 e. The van der Waals surface area contributed by atoms with Crippen molar-refractivity contribution in [1.29, 1.82) is 0 Å². The smallest absolute Gasteiger partial charge is 0.369 e. The van der Waals surface area contributed by atoms with E-state index in [1.807, 2.05) is 19.1 Å². The molecule has 0 radical (unpaired) electrons. The summed E-state index contributed by atoms with van der Waals surface area (Å²) in [5.74, 6) is 0.871. The zero-order chi connectivity index (χ0) is 16.9. The molecule has 1 aliphatic rings. The van der Waals surface area contributed by atoms with Gasteiger partial charge in [-0.15, -0.1) is 11.3 Å². The van der Waals surface area contributed by atoms with Crippen LogP contribution in [0.5, 0.6) is 0 Å². The van der Waals surface area contributed by atoms with E-state index in [1.165, 1.54) is 17.0 Å². The number of aryl methyl sites for hydroxylation is 1. The molecule has 0 aliphatic carbocycles. The number of alkyl halides is 3. The van der Waals surface area contributed by atoms with Gasteiger partial charge in [0.1, 0.15) is 11.5 Å². The lowest BCUT2D eigenvalue weighted by Crippen LogP contribution is -2.07. The molecule has 0 saturated heterocycles. The van der Waals surface area contributed by atoms with Crippen LogP contribution in [-0.2, 0) is 12.6 Å². The molecule has 2 aromatic heterocycles. The summed E-state index contributed by atoms with van der Waals surface area (Å²) in [6, 6.07) is 9.18. The molecule has 3 heterocycles. The van der Waals surface area contributed by atoms with E-state index >= 15 is 0 Å². The van der Waals surface area contributed by atoms with Crippen molar-refractivity contribution in [3.05, 3.63) is 52.4 Å². The fourth-order valence-electron chi connectivity index (χ4n) is 2.91. The van der Waals surface area contributed by atoms with E-state index < -0.39 is 11.7 Å². The Balaban J connectivity index is 1.79. The zero-order valence-corrected chi connectivity index (χ0v) is 13.6. The summed E-state index contributed by atoms with van der Waals surface area (Å²) in [6.45, 7) is 2.85. The molecule has 0 amide bonds. The van der Waals surface area contributed by atoms with E-state index in [1.54, 1.807) is 16.0 Å². The summed E-state index contributed by atoms with van der Waals surface area (Å²) in [5, 5.41) is 7.95. The molecule has 0 saturated carbocycles. The number of nitrogens with zero attached hydrogens (tertiary/aromatic N) is 2. The first-order valence-electron chi connectivity index (χ1n) is 7.54. The molecule has 124 valence electrons. The van der Waals surface area contributed by atoms with Crippen molar-refractivity contribution in [3.63, 3.8) is 0 Å². The maximum absolute atomic E-state index is 12.7. The van der Waals surface area contributed by atoms with Crippen LogP contribution in [-0.4, -0.2) is 16.3 Å². The van der Waals surface area contributed by atoms with E-state index in [9.17, 15) is 13.2 Å². The van der Waals surface area contributed by atoms with Crippen molar-refractivity contribution in [1.82, 2.24) is 9.78 Å². The number of rotatable bonds is 2. The van der Waals surface area contributed by atoms with Crippen molar-refractivity contribution in [2.75, 3.05) is 11.9 Å². The SMILES string of the molecule is Cc1ccc(-c2nn(-c3ccc(C(F)(F)F)cc3)c3c2CCN3)s1. The second-order valence-corrected chi connectivity index (χ2v) is 7.01. The highest BCUT2D eigenvalue weighted by atomic mass is 32.1. The molecule has 1 aromatic carbocycles. The molecule has 3 nitrogen and oxygen atoms in total. The first-order chi connectivity index (χ1) is 11.4. The summed E-state index contributed by atoms with van der Waals surface area (Å²) in [6.07, 6.45) is -3.47. The summed E-state index contributed by atoms with van der Waals surface area (Å²) in [5.41, 5.74) is 2.00. The van der Waals surface area contributed by atoms with Crippen LogP contribution in [0.15, 0.2) is 36.4 Å². The summed E-state index contributed by atoms with van der Waals surface area (Å²) >= 11 is 1.67. The Morgan fingerprint density at radius 1 is 1.12 bits per heavy atom. The monoisotopic (exact) mass is 349 g/mol. The average Bonchev–Trinajstić information content (AvgIpc) is 3.22. The first kappa shape index (κ1) is 15.3. The minimum absolute atomic E-state index is 0.619. The minimum atomic E-state index is -4.33. The molecule has 0 spiro atoms. The zero-order valence-electron chi connectivity index (χ0n) is 12.8. The van der Waals surface area contributed by atoms with Crippen LogP contribution in [0.4, 0.5) is 19.0 Å². The highest BCUT2D eigenvalue weighted by Crippen LogP contribution is 2.38. The number of fused-ring (bicyclic) bond motifs is 1. The molecule has 1 aliphatic heterocycles. The number of halogens is 3. The van der Waals surface area contributed by atoms with Gasteiger partial charge in [-0.25, -0.2) is 4.68 Å². The first-order valence-corrected chi connectivity index (χ1v) is 8.35. The molecule has 4 rings (SSSR count). The highest BCUT2D eigenvalue weighted by molar-refractivity contribution is 7.15. The van der Waals surface area contributed by atoms with Gasteiger partial charge in [-0.2, -0.15) is 18.3 Å². The molecular formula is C17H14F3N3S. The lowest BCUT2D eigenvalue weighted by atomic mass is 10.2. The molecule has 0 bridgehead atoms. The van der Waals surface area contributed by atoms with Gasteiger partial charge in [-0.1, -0.05) is 0 Å². The van der Waals surface area contributed by atoms with Gasteiger partial charge in [0.25, 0.3) is 0 Å². The quantitative estimate of drug-likeness (QED) is 0.713. The highest BCUT2D eigenvalue weighted by Gasteiger charge is 2.30. The Labute approximate surface area is 140 Å². The van der Waals surface area contributed by atoms with Crippen LogP contribution in [0.25, 0.3) is 16.3 Å². The number of thiophene rings is 1. The van der Waals surface area contributed by atoms with Gasteiger partial charge in [-0.05, 0) is 49.7 Å². The average molecular weight is 349 g/mol. The third kappa shape index (κ3) is 2.49. The number of nitrogens with one attached hydrogen (secondary N) is 1. The van der Waals surface area contributed by atoms with Crippen molar-refractivity contribution in [2.24, 2.45) is 0 Å². The van der Waals surface area contributed by atoms with Gasteiger partial charge in [0.15, 0.2) is 0 Å². The maximum Gasteiger partial charge on any atom is 0.416 e. The predicted octanol–water partition coefficient (Wildman–Crippen LogP) is 4.90. The van der Waals surface area contributed by atoms with Gasteiger partial charge in [-0.3, -0.25) is 0 Å². The third-order valence-electron chi connectivity index (χ3n) is 4.06. The Hall–Kier alpha value is -2.28. The standard InChI is InChI=1S/C17H14F3N3S/c1-10-2-7-14(24-10)15-13-8-9-21-16(13)23(22-15)12-5-3-11(4-6-12)17(18,19)20/h2-7,21H,8-9H2,1H3. The van der Waals surface area contributed by atoms with Gasteiger partial charge >= 0.3 is 6.18 Å². The van der Waals surface area contributed by atoms with E-state index in [2.05, 4.69) is 10.4 Å². The van der Waals surface area contributed by atoms with Crippen LogP contribution in [0, 0.1) is 6.92 Å². The second kappa shape index (κ2) is 5.37. The third-order valence-corrected chi connectivity index (χ3v) is 5.07. The largest absolute Gasteiger partial charge is 0.416 e. The van der Waals surface area contributed by atoms with Gasteiger partial charge in [0.2, 0.25) is 0 Å². The van der Waals surface area contributed by atoms with Crippen molar-refractivity contribution in [2.45, 2.75) is 19.5 Å². The van der Waals surface area contributed by atoms with Crippen LogP contribution < -0.4 is 5.32 Å². The lowest BCUT2D eigenvalue weighted by molar-refractivity contribution is -0.137. The number of hydrogen-bond acceptors (Lipinski definition) is 3. The number of anilines is 1. The molecule has 0 atom stereocenters. The van der Waals surface area contributed by atoms with E-state index in [-0.39, 0.29) is 0 Å². The molecule has 24 heavy (non-hydrogen) atoms. The Kier molecular flexibility index (Phi) is 3.42. The summed E-state index contributed by atoms with van der Waals surface area (Å²) in [4.78, 5) is 2.28. The van der Waals surface area contributed by atoms with Gasteiger partial charge < -0.3 is 5.32 Å². The van der Waals surface area contributed by atoms with Crippen LogP contribution in [0.3, 0.4) is 0 Å². The Bertz CT molecular complexity index is 891. The predicted molar refractivity (Wildman–Crippen MR) is 88.8 cm³/mol. The van der Waals surface area contributed by atoms with E-state index in [0.29, 0.717) is 5.69 Å². The van der Waals surface area contributed by atoms with E-state index in [4.69, 9.17) is 0 Å². The molecule has 0 unspecified atom stereocenters. The molecule has 1 N–H and O–H groups in total. The van der Waals surface area contributed by atoms with Crippen LogP contribution in [0.2, 0.25) is 0 Å². The topological polar surface area (TPSA) is 29.9 Å². The van der Waals surface area contributed by atoms with Crippen LogP contribution in [0.1, 0.15) is 16.0 Å². The fourth-order valence-corrected chi connectivity index (χ4v) is 3.79. The van der Waals surface area contributed by atoms with Crippen molar-refractivity contribution in [3.8, 4) is 16.3 Å². The molecular weight excluding hydrogens is 335 g/mol. The number of benzene rings is 1. The molecule has 7 heteroatoms.